The largest absolute Gasteiger partial charge is 0.493 e. The predicted octanol–water partition coefficient (Wildman–Crippen LogP) is 1.76. The van der Waals surface area contributed by atoms with Crippen LogP contribution in [0.1, 0.15) is 24.8 Å². The van der Waals surface area contributed by atoms with Crippen LogP contribution in [0.4, 0.5) is 0 Å². The minimum Gasteiger partial charge on any atom is -0.493 e. The summed E-state index contributed by atoms with van der Waals surface area (Å²) in [5.41, 5.74) is 6.77. The smallest absolute Gasteiger partial charge is 0.160 e. The van der Waals surface area contributed by atoms with Crippen molar-refractivity contribution < 1.29 is 14.6 Å². The van der Waals surface area contributed by atoms with Gasteiger partial charge < -0.3 is 20.3 Å². The minimum absolute atomic E-state index is 0.133. The van der Waals surface area contributed by atoms with E-state index in [9.17, 15) is 5.11 Å². The zero-order valence-corrected chi connectivity index (χ0v) is 11.3. The van der Waals surface area contributed by atoms with Crippen LogP contribution in [0.15, 0.2) is 18.2 Å². The number of aliphatic hydroxyl groups excluding tert-OH is 1. The number of nitrogens with two attached hydrogens (primary N) is 1. The Kier molecular flexibility index (Phi) is 5.95. The van der Waals surface area contributed by atoms with E-state index in [4.69, 9.17) is 15.2 Å². The van der Waals surface area contributed by atoms with Crippen LogP contribution < -0.4 is 15.2 Å². The summed E-state index contributed by atoms with van der Waals surface area (Å²) in [6, 6.07) is 5.91. The first-order valence-corrected chi connectivity index (χ1v) is 6.19. The molecule has 1 aromatic rings. The lowest BCUT2D eigenvalue weighted by Gasteiger charge is -2.19. The van der Waals surface area contributed by atoms with E-state index >= 15 is 0 Å². The number of hydrogen-bond acceptors (Lipinski definition) is 4. The first-order chi connectivity index (χ1) is 8.65. The Morgan fingerprint density at radius 1 is 1.22 bits per heavy atom. The zero-order chi connectivity index (χ0) is 13.5. The third kappa shape index (κ3) is 3.62. The van der Waals surface area contributed by atoms with Crippen LogP contribution in [-0.2, 0) is 0 Å². The van der Waals surface area contributed by atoms with Gasteiger partial charge in [0, 0.05) is 6.61 Å². The molecule has 1 rings (SSSR count). The Hall–Kier alpha value is -1.26. The molecule has 18 heavy (non-hydrogen) atoms. The summed E-state index contributed by atoms with van der Waals surface area (Å²) < 4.78 is 10.5. The van der Waals surface area contributed by atoms with Gasteiger partial charge in [0.2, 0.25) is 0 Å². The molecular formula is C14H23NO3. The molecule has 0 saturated heterocycles. The van der Waals surface area contributed by atoms with E-state index in [0.717, 1.165) is 17.9 Å². The second-order valence-electron chi connectivity index (χ2n) is 4.54. The highest BCUT2D eigenvalue weighted by Gasteiger charge is 2.14. The molecule has 102 valence electrons. The number of rotatable bonds is 7. The fourth-order valence-corrected chi connectivity index (χ4v) is 2.04. The van der Waals surface area contributed by atoms with Crippen molar-refractivity contribution in [3.05, 3.63) is 23.8 Å². The Bertz CT molecular complexity index is 364. The summed E-state index contributed by atoms with van der Waals surface area (Å²) in [5.74, 6) is 1.93. The quantitative estimate of drug-likeness (QED) is 0.777. The van der Waals surface area contributed by atoms with Crippen LogP contribution in [0.3, 0.4) is 0 Å². The molecule has 3 N–H and O–H groups in total. The second kappa shape index (κ2) is 7.24. The Morgan fingerprint density at radius 2 is 1.89 bits per heavy atom. The van der Waals surface area contributed by atoms with E-state index in [-0.39, 0.29) is 12.5 Å². The van der Waals surface area contributed by atoms with E-state index in [2.05, 4.69) is 6.92 Å². The molecule has 0 radical (unpaired) electrons. The van der Waals surface area contributed by atoms with Gasteiger partial charge in [-0.1, -0.05) is 13.0 Å². The summed E-state index contributed by atoms with van der Waals surface area (Å²) in [4.78, 5) is 0. The molecular weight excluding hydrogens is 230 g/mol. The van der Waals surface area contributed by atoms with Gasteiger partial charge in [-0.2, -0.15) is 0 Å². The van der Waals surface area contributed by atoms with E-state index < -0.39 is 0 Å². The molecule has 2 unspecified atom stereocenters. The van der Waals surface area contributed by atoms with Crippen molar-refractivity contribution in [2.24, 2.45) is 11.7 Å². The lowest BCUT2D eigenvalue weighted by molar-refractivity contribution is 0.217. The summed E-state index contributed by atoms with van der Waals surface area (Å²) in [7, 11) is 3.25. The lowest BCUT2D eigenvalue weighted by Crippen LogP contribution is -2.20. The van der Waals surface area contributed by atoms with E-state index in [1.807, 2.05) is 18.2 Å². The maximum Gasteiger partial charge on any atom is 0.160 e. The van der Waals surface area contributed by atoms with Crippen molar-refractivity contribution in [3.8, 4) is 11.5 Å². The molecule has 4 heteroatoms. The van der Waals surface area contributed by atoms with Crippen molar-refractivity contribution in [2.75, 3.05) is 27.4 Å². The fourth-order valence-electron chi connectivity index (χ4n) is 2.04. The maximum atomic E-state index is 9.18. The maximum absolute atomic E-state index is 9.18. The summed E-state index contributed by atoms with van der Waals surface area (Å²) >= 11 is 0. The van der Waals surface area contributed by atoms with Crippen LogP contribution in [0.5, 0.6) is 11.5 Å². The Morgan fingerprint density at radius 3 is 2.39 bits per heavy atom. The molecule has 0 aliphatic carbocycles. The van der Waals surface area contributed by atoms with Crippen LogP contribution in [0.2, 0.25) is 0 Å². The van der Waals surface area contributed by atoms with Gasteiger partial charge in [0.15, 0.2) is 11.5 Å². The third-order valence-corrected chi connectivity index (χ3v) is 3.26. The number of ether oxygens (including phenoxy) is 2. The Labute approximate surface area is 109 Å². The first kappa shape index (κ1) is 14.8. The molecule has 0 heterocycles. The number of methoxy groups -OCH3 is 2. The van der Waals surface area contributed by atoms with Gasteiger partial charge in [-0.15, -0.1) is 0 Å². The van der Waals surface area contributed by atoms with Gasteiger partial charge in [0.1, 0.15) is 0 Å². The lowest BCUT2D eigenvalue weighted by atomic mass is 9.90. The molecule has 1 aromatic carbocycles. The van der Waals surface area contributed by atoms with E-state index in [1.54, 1.807) is 14.2 Å². The van der Waals surface area contributed by atoms with Crippen molar-refractivity contribution >= 4 is 0 Å². The number of benzene rings is 1. The molecule has 0 spiro atoms. The number of hydrogen-bond donors (Lipinski definition) is 2. The first-order valence-electron chi connectivity index (χ1n) is 6.19. The van der Waals surface area contributed by atoms with Gasteiger partial charge in [0.05, 0.1) is 14.2 Å². The van der Waals surface area contributed by atoms with Crippen molar-refractivity contribution in [2.45, 2.75) is 19.3 Å². The monoisotopic (exact) mass is 253 g/mol. The fraction of sp³-hybridized carbons (Fsp3) is 0.571. The third-order valence-electron chi connectivity index (χ3n) is 3.26. The van der Waals surface area contributed by atoms with Crippen LogP contribution in [0, 0.1) is 5.92 Å². The van der Waals surface area contributed by atoms with Crippen LogP contribution in [-0.4, -0.2) is 32.5 Å². The van der Waals surface area contributed by atoms with Gasteiger partial charge in [-0.05, 0) is 42.5 Å². The highest BCUT2D eigenvalue weighted by atomic mass is 16.5. The van der Waals surface area contributed by atoms with Crippen LogP contribution in [0.25, 0.3) is 0 Å². The highest BCUT2D eigenvalue weighted by molar-refractivity contribution is 5.43. The summed E-state index contributed by atoms with van der Waals surface area (Å²) in [6.07, 6.45) is 0.864. The average molecular weight is 253 g/mol. The van der Waals surface area contributed by atoms with Gasteiger partial charge in [-0.25, -0.2) is 0 Å². The molecule has 2 atom stereocenters. The second-order valence-corrected chi connectivity index (χ2v) is 4.54. The molecule has 0 amide bonds. The molecule has 0 aromatic heterocycles. The molecule has 0 fully saturated rings. The van der Waals surface area contributed by atoms with Crippen LogP contribution >= 0.6 is 0 Å². The highest BCUT2D eigenvalue weighted by Crippen LogP contribution is 2.32. The zero-order valence-electron chi connectivity index (χ0n) is 11.3. The topological polar surface area (TPSA) is 64.7 Å². The van der Waals surface area contributed by atoms with Gasteiger partial charge in [0.25, 0.3) is 0 Å². The minimum atomic E-state index is 0.133. The Balaban J connectivity index is 2.82. The predicted molar refractivity (Wildman–Crippen MR) is 72.2 cm³/mol. The van der Waals surface area contributed by atoms with Gasteiger partial charge >= 0.3 is 0 Å². The number of aliphatic hydroxyl groups is 1. The summed E-state index contributed by atoms with van der Waals surface area (Å²) in [5, 5.41) is 9.18. The SMILES string of the molecule is COc1ccc(C(C)CC(CN)CO)cc1OC. The van der Waals surface area contributed by atoms with Crippen molar-refractivity contribution in [1.29, 1.82) is 0 Å². The molecule has 0 saturated carbocycles. The molecule has 0 bridgehead atoms. The van der Waals surface area contributed by atoms with Crippen molar-refractivity contribution in [1.82, 2.24) is 0 Å². The molecule has 4 nitrogen and oxygen atoms in total. The normalized spacial score (nSPS) is 14.1. The molecule has 0 aliphatic heterocycles. The van der Waals surface area contributed by atoms with E-state index in [0.29, 0.717) is 12.5 Å². The van der Waals surface area contributed by atoms with Crippen molar-refractivity contribution in [3.63, 3.8) is 0 Å². The average Bonchev–Trinajstić information content (AvgIpc) is 2.43. The molecule has 0 aliphatic rings. The van der Waals surface area contributed by atoms with E-state index in [1.165, 1.54) is 5.56 Å². The van der Waals surface area contributed by atoms with Gasteiger partial charge in [-0.3, -0.25) is 0 Å². The standard InChI is InChI=1S/C14H23NO3/c1-10(6-11(8-15)9-16)12-4-5-13(17-2)14(7-12)18-3/h4-5,7,10-11,16H,6,8-9,15H2,1-3H3. The summed E-state index contributed by atoms with van der Waals surface area (Å²) in [6.45, 7) is 2.77.